The molecule has 80 valence electrons. The van der Waals surface area contributed by atoms with Crippen LogP contribution in [0.25, 0.3) is 0 Å². The molecule has 0 spiro atoms. The van der Waals surface area contributed by atoms with E-state index in [0.29, 0.717) is 12.2 Å². The molecule has 0 saturated carbocycles. The van der Waals surface area contributed by atoms with Gasteiger partial charge >= 0.3 is 5.97 Å². The fourth-order valence-electron chi connectivity index (χ4n) is 1.12. The Kier molecular flexibility index (Phi) is 2.59. The summed E-state index contributed by atoms with van der Waals surface area (Å²) < 4.78 is 25.3. The maximum absolute atomic E-state index is 11.5. The lowest BCUT2D eigenvalue weighted by Gasteiger charge is -2.02. The second-order valence-corrected chi connectivity index (χ2v) is 3.33. The van der Waals surface area contributed by atoms with E-state index in [9.17, 15) is 4.79 Å². The lowest BCUT2D eigenvalue weighted by atomic mass is 10.1. The molecule has 1 aromatic rings. The van der Waals surface area contributed by atoms with Crippen LogP contribution in [-0.2, 0) is 20.7 Å². The topological polar surface area (TPSA) is 38.8 Å². The zero-order valence-corrected chi connectivity index (χ0v) is 8.26. The van der Waals surface area contributed by atoms with Crippen LogP contribution in [0.1, 0.15) is 14.7 Å². The van der Waals surface area contributed by atoms with Crippen molar-refractivity contribution in [2.45, 2.75) is 18.9 Å². The van der Waals surface area contributed by atoms with Crippen molar-refractivity contribution in [3.63, 3.8) is 0 Å². The second kappa shape index (κ2) is 4.94. The molecular formula is C12H14O3. The van der Waals surface area contributed by atoms with Crippen LogP contribution >= 0.6 is 0 Å². The molecule has 0 amide bonds. The van der Waals surface area contributed by atoms with E-state index in [-0.39, 0.29) is 12.7 Å². The van der Waals surface area contributed by atoms with Gasteiger partial charge in [-0.1, -0.05) is 30.3 Å². The lowest BCUT2D eigenvalue weighted by molar-refractivity contribution is -0.144. The van der Waals surface area contributed by atoms with Gasteiger partial charge in [0, 0.05) is 9.14 Å². The first kappa shape index (κ1) is 7.88. The number of esters is 1. The molecule has 0 aromatic heterocycles. The summed E-state index contributed by atoms with van der Waals surface area (Å²) in [7, 11) is 0. The lowest BCUT2D eigenvalue weighted by Crippen LogP contribution is -2.10. The van der Waals surface area contributed by atoms with E-state index in [1.165, 1.54) is 0 Å². The molecule has 3 atom stereocenters. The van der Waals surface area contributed by atoms with Crippen LogP contribution in [0.3, 0.4) is 0 Å². The Morgan fingerprint density at radius 2 is 2.27 bits per heavy atom. The summed E-state index contributed by atoms with van der Waals surface area (Å²) in [6.45, 7) is 0.800. The standard InChI is InChI=1S/C12H14O3/c13-12(15-9-11-8-14-11)7-6-10-4-2-1-3-5-10/h1-5,11H,6-9H2/i6D,7D. The number of ether oxygens (including phenoxy) is 2. The van der Waals surface area contributed by atoms with E-state index in [1.807, 2.05) is 6.07 Å². The molecule has 0 aliphatic carbocycles. The smallest absolute Gasteiger partial charge is 0.306 e. The number of carbonyl (C=O) groups is 1. The highest BCUT2D eigenvalue weighted by Gasteiger charge is 2.23. The fraction of sp³-hybridized carbons (Fsp3) is 0.417. The average Bonchev–Trinajstić information content (AvgIpc) is 3.19. The summed E-state index contributed by atoms with van der Waals surface area (Å²) in [6, 6.07) is 8.87. The maximum atomic E-state index is 11.5. The third-order valence-electron chi connectivity index (χ3n) is 2.03. The minimum absolute atomic E-state index is 0.00735. The molecule has 1 fully saturated rings. The van der Waals surface area contributed by atoms with Crippen molar-refractivity contribution in [2.75, 3.05) is 13.2 Å². The highest BCUT2D eigenvalue weighted by atomic mass is 16.6. The Morgan fingerprint density at radius 3 is 2.93 bits per heavy atom. The number of aryl methyl sites for hydroxylation is 1. The van der Waals surface area contributed by atoms with Crippen molar-refractivity contribution < 1.29 is 17.0 Å². The van der Waals surface area contributed by atoms with Crippen LogP contribution in [0.15, 0.2) is 30.3 Å². The molecule has 15 heavy (non-hydrogen) atoms. The molecule has 3 unspecified atom stereocenters. The van der Waals surface area contributed by atoms with Gasteiger partial charge in [-0.25, -0.2) is 0 Å². The zero-order valence-electron chi connectivity index (χ0n) is 10.3. The van der Waals surface area contributed by atoms with Crippen LogP contribution in [0.4, 0.5) is 0 Å². The van der Waals surface area contributed by atoms with Crippen LogP contribution in [-0.4, -0.2) is 25.3 Å². The highest BCUT2D eigenvalue weighted by Crippen LogP contribution is 2.09. The molecule has 1 aliphatic heterocycles. The van der Waals surface area contributed by atoms with Crippen molar-refractivity contribution in [2.24, 2.45) is 0 Å². The van der Waals surface area contributed by atoms with E-state index in [0.717, 1.165) is 0 Å². The molecule has 3 nitrogen and oxygen atoms in total. The van der Waals surface area contributed by atoms with E-state index in [1.54, 1.807) is 24.3 Å². The van der Waals surface area contributed by atoms with Gasteiger partial charge in [0.1, 0.15) is 12.7 Å². The predicted octanol–water partition coefficient (Wildman–Crippen LogP) is 1.56. The van der Waals surface area contributed by atoms with Gasteiger partial charge in [0.2, 0.25) is 0 Å². The normalized spacial score (nSPS) is 24.7. The minimum Gasteiger partial charge on any atom is -0.463 e. The van der Waals surface area contributed by atoms with Gasteiger partial charge in [-0.05, 0) is 12.0 Å². The van der Waals surface area contributed by atoms with Gasteiger partial charge in [0.25, 0.3) is 0 Å². The predicted molar refractivity (Wildman–Crippen MR) is 55.5 cm³/mol. The second-order valence-electron chi connectivity index (χ2n) is 3.33. The Hall–Kier alpha value is -1.35. The third kappa shape index (κ3) is 3.72. The molecular weight excluding hydrogens is 192 g/mol. The Bertz CT molecular complexity index is 379. The zero-order chi connectivity index (χ0) is 12.3. The minimum atomic E-state index is -1.21. The van der Waals surface area contributed by atoms with Gasteiger partial charge in [0.05, 0.1) is 6.61 Å². The number of hydrogen-bond acceptors (Lipinski definition) is 3. The van der Waals surface area contributed by atoms with E-state index in [4.69, 9.17) is 12.2 Å². The molecule has 1 heterocycles. The van der Waals surface area contributed by atoms with Crippen molar-refractivity contribution in [1.29, 1.82) is 0 Å². The average molecular weight is 208 g/mol. The van der Waals surface area contributed by atoms with E-state index < -0.39 is 18.8 Å². The quantitative estimate of drug-likeness (QED) is 0.544. The monoisotopic (exact) mass is 208 g/mol. The number of carbonyl (C=O) groups excluding carboxylic acids is 1. The molecule has 0 radical (unpaired) electrons. The molecule has 1 aromatic carbocycles. The molecule has 3 heteroatoms. The summed E-state index contributed by atoms with van der Waals surface area (Å²) in [4.78, 5) is 11.5. The molecule has 0 N–H and O–H groups in total. The summed E-state index contributed by atoms with van der Waals surface area (Å²) >= 11 is 0. The van der Waals surface area contributed by atoms with E-state index >= 15 is 0 Å². The van der Waals surface area contributed by atoms with Gasteiger partial charge in [0.15, 0.2) is 0 Å². The van der Waals surface area contributed by atoms with Gasteiger partial charge in [-0.3, -0.25) is 4.79 Å². The Morgan fingerprint density at radius 1 is 1.53 bits per heavy atom. The van der Waals surface area contributed by atoms with Gasteiger partial charge < -0.3 is 9.47 Å². The molecule has 1 saturated heterocycles. The summed E-state index contributed by atoms with van der Waals surface area (Å²) in [6.07, 6.45) is -2.13. The van der Waals surface area contributed by atoms with Crippen LogP contribution in [0.2, 0.25) is 0 Å². The summed E-state index contributed by atoms with van der Waals surface area (Å²) in [5.74, 6) is -0.663. The third-order valence-corrected chi connectivity index (χ3v) is 2.03. The number of epoxide rings is 1. The summed E-state index contributed by atoms with van der Waals surface area (Å²) in [5, 5.41) is 0. The number of benzene rings is 1. The van der Waals surface area contributed by atoms with Crippen LogP contribution < -0.4 is 0 Å². The first-order valence-electron chi connectivity index (χ1n) is 6.01. The summed E-state index contributed by atoms with van der Waals surface area (Å²) in [5.41, 5.74) is 0.645. The van der Waals surface area contributed by atoms with Crippen LogP contribution in [0, 0.1) is 0 Å². The molecule has 1 aliphatic rings. The van der Waals surface area contributed by atoms with Crippen molar-refractivity contribution in [1.82, 2.24) is 0 Å². The first-order valence-corrected chi connectivity index (χ1v) is 4.86. The van der Waals surface area contributed by atoms with Crippen molar-refractivity contribution in [3.8, 4) is 0 Å². The number of rotatable bonds is 5. The van der Waals surface area contributed by atoms with Crippen molar-refractivity contribution in [3.05, 3.63) is 35.9 Å². The largest absolute Gasteiger partial charge is 0.463 e. The number of hydrogen-bond donors (Lipinski definition) is 0. The molecule has 2 rings (SSSR count). The highest BCUT2D eigenvalue weighted by molar-refractivity contribution is 5.69. The first-order chi connectivity index (χ1) is 8.18. The van der Waals surface area contributed by atoms with Crippen molar-refractivity contribution >= 4 is 5.97 Å². The van der Waals surface area contributed by atoms with Crippen LogP contribution in [0.5, 0.6) is 0 Å². The maximum Gasteiger partial charge on any atom is 0.306 e. The Balaban J connectivity index is 1.89. The van der Waals surface area contributed by atoms with Gasteiger partial charge in [-0.15, -0.1) is 0 Å². The Labute approximate surface area is 91.8 Å². The van der Waals surface area contributed by atoms with Gasteiger partial charge in [-0.2, -0.15) is 0 Å². The SMILES string of the molecule is [2H]C(C(=O)OCC1CO1)C([2H])c1ccccc1. The fourth-order valence-corrected chi connectivity index (χ4v) is 1.12. The molecule has 0 bridgehead atoms. The van der Waals surface area contributed by atoms with E-state index in [2.05, 4.69) is 0 Å².